The van der Waals surface area contributed by atoms with Gasteiger partial charge in [-0.3, -0.25) is 9.59 Å². The third-order valence-corrected chi connectivity index (χ3v) is 5.43. The molecule has 2 aliphatic heterocycles. The first-order valence-electron chi connectivity index (χ1n) is 7.41. The van der Waals surface area contributed by atoms with Crippen LogP contribution in [0.25, 0.3) is 0 Å². The summed E-state index contributed by atoms with van der Waals surface area (Å²) >= 11 is 1.16. The minimum Gasteiger partial charge on any atom is -0.337 e. The van der Waals surface area contributed by atoms with Crippen LogP contribution in [-0.4, -0.2) is 38.1 Å². The first kappa shape index (κ1) is 13.6. The Balaban J connectivity index is 1.65. The lowest BCUT2D eigenvalue weighted by atomic mass is 9.83. The van der Waals surface area contributed by atoms with Gasteiger partial charge in [0.25, 0.3) is 11.5 Å². The Morgan fingerprint density at radius 3 is 2.95 bits per heavy atom. The Morgan fingerprint density at radius 2 is 2.18 bits per heavy atom. The van der Waals surface area contributed by atoms with Crippen LogP contribution in [0.4, 0.5) is 0 Å². The van der Waals surface area contributed by atoms with E-state index in [1.807, 2.05) is 28.5 Å². The van der Waals surface area contributed by atoms with Crippen LogP contribution in [0.15, 0.2) is 23.0 Å². The molecule has 2 bridgehead atoms. The van der Waals surface area contributed by atoms with Crippen LogP contribution < -0.4 is 5.56 Å². The lowest BCUT2D eigenvalue weighted by Gasteiger charge is -2.42. The molecule has 1 amide bonds. The van der Waals surface area contributed by atoms with Gasteiger partial charge in [-0.15, -0.1) is 5.10 Å². The largest absolute Gasteiger partial charge is 0.337 e. The number of fused-ring (bicyclic) bond motifs is 4. The maximum atomic E-state index is 12.7. The molecule has 114 valence electrons. The average Bonchev–Trinajstić information content (AvgIpc) is 2.93. The topological polar surface area (TPSA) is 68.1 Å². The number of amides is 1. The quantitative estimate of drug-likeness (QED) is 0.794. The van der Waals surface area contributed by atoms with Crippen LogP contribution in [0.3, 0.4) is 0 Å². The van der Waals surface area contributed by atoms with E-state index in [1.54, 1.807) is 6.07 Å². The Hall–Kier alpha value is -2.02. The maximum absolute atomic E-state index is 12.7. The maximum Gasteiger partial charge on any atom is 0.267 e. The molecule has 2 aromatic heterocycles. The van der Waals surface area contributed by atoms with Crippen molar-refractivity contribution in [3.63, 3.8) is 0 Å². The number of aryl methyl sites for hydroxylation is 1. The molecule has 2 aliphatic rings. The van der Waals surface area contributed by atoms with Gasteiger partial charge in [0.05, 0.1) is 5.69 Å². The summed E-state index contributed by atoms with van der Waals surface area (Å²) in [4.78, 5) is 27.2. The number of aromatic nitrogens is 3. The molecule has 0 saturated carbocycles. The van der Waals surface area contributed by atoms with Crippen LogP contribution in [0.2, 0.25) is 0 Å². The second kappa shape index (κ2) is 5.01. The number of piperidine rings is 1. The molecule has 0 N–H and O–H groups in total. The predicted molar refractivity (Wildman–Crippen MR) is 82.1 cm³/mol. The number of hydrogen-bond donors (Lipinski definition) is 0. The van der Waals surface area contributed by atoms with Gasteiger partial charge >= 0.3 is 0 Å². The number of rotatable bonds is 1. The minimum absolute atomic E-state index is 0.0222. The zero-order valence-corrected chi connectivity index (χ0v) is 13.0. The SMILES string of the molecule is Cc1nnsc1C(=O)N1C[C@H]2C[C@H](C1)c1cccc(=O)n1C2. The molecular formula is C15H16N4O2S. The first-order chi connectivity index (χ1) is 10.6. The Labute approximate surface area is 131 Å². The van der Waals surface area contributed by atoms with Crippen molar-refractivity contribution >= 4 is 17.4 Å². The summed E-state index contributed by atoms with van der Waals surface area (Å²) in [5.41, 5.74) is 1.82. The number of hydrogen-bond acceptors (Lipinski definition) is 5. The summed E-state index contributed by atoms with van der Waals surface area (Å²) in [5, 5.41) is 3.93. The fraction of sp³-hybridized carbons (Fsp3) is 0.467. The molecule has 4 rings (SSSR count). The molecule has 22 heavy (non-hydrogen) atoms. The molecule has 1 fully saturated rings. The second-order valence-corrected chi connectivity index (χ2v) is 6.85. The van der Waals surface area contributed by atoms with Gasteiger partial charge in [-0.05, 0) is 36.9 Å². The summed E-state index contributed by atoms with van der Waals surface area (Å²) < 4.78 is 5.73. The lowest BCUT2D eigenvalue weighted by molar-refractivity contribution is 0.0598. The van der Waals surface area contributed by atoms with Gasteiger partial charge in [-0.1, -0.05) is 10.6 Å². The number of likely N-dealkylation sites (tertiary alicyclic amines) is 1. The summed E-state index contributed by atoms with van der Waals surface area (Å²) in [6.07, 6.45) is 1.05. The Bertz CT molecular complexity index is 797. The third kappa shape index (κ3) is 2.08. The molecular weight excluding hydrogens is 300 g/mol. The summed E-state index contributed by atoms with van der Waals surface area (Å²) in [6, 6.07) is 5.43. The lowest BCUT2D eigenvalue weighted by Crippen LogP contribution is -2.49. The van der Waals surface area contributed by atoms with Crippen molar-refractivity contribution in [2.45, 2.75) is 25.8 Å². The summed E-state index contributed by atoms with van der Waals surface area (Å²) in [7, 11) is 0. The highest BCUT2D eigenvalue weighted by Gasteiger charge is 2.37. The van der Waals surface area contributed by atoms with E-state index >= 15 is 0 Å². The number of pyridine rings is 1. The molecule has 2 aromatic rings. The molecule has 7 heteroatoms. The van der Waals surface area contributed by atoms with Crippen LogP contribution in [-0.2, 0) is 6.54 Å². The van der Waals surface area contributed by atoms with Crippen molar-refractivity contribution in [3.8, 4) is 0 Å². The van der Waals surface area contributed by atoms with Crippen molar-refractivity contribution in [2.24, 2.45) is 5.92 Å². The van der Waals surface area contributed by atoms with Crippen LogP contribution in [0.1, 0.15) is 33.4 Å². The molecule has 0 radical (unpaired) electrons. The number of carbonyl (C=O) groups is 1. The van der Waals surface area contributed by atoms with Gasteiger partial charge in [0.2, 0.25) is 0 Å². The van der Waals surface area contributed by atoms with Crippen molar-refractivity contribution in [2.75, 3.05) is 13.1 Å². The standard InChI is InChI=1S/C15H16N4O2S/c1-9-14(22-17-16-9)15(21)18-6-10-5-11(8-18)12-3-2-4-13(20)19(12)7-10/h2-4,10-11H,5-8H2,1H3/t10-,11-/m1/s1. The fourth-order valence-electron chi connectivity index (χ4n) is 3.63. The molecule has 4 heterocycles. The number of nitrogens with zero attached hydrogens (tertiary/aromatic N) is 4. The van der Waals surface area contributed by atoms with Crippen molar-refractivity contribution in [1.82, 2.24) is 19.1 Å². The number of carbonyl (C=O) groups excluding carboxylic acids is 1. The third-order valence-electron chi connectivity index (χ3n) is 4.61. The Morgan fingerprint density at radius 1 is 1.32 bits per heavy atom. The molecule has 0 aromatic carbocycles. The predicted octanol–water partition coefficient (Wildman–Crippen LogP) is 1.27. The van der Waals surface area contributed by atoms with E-state index in [4.69, 9.17) is 0 Å². The molecule has 6 nitrogen and oxygen atoms in total. The van der Waals surface area contributed by atoms with Crippen molar-refractivity contribution in [1.29, 1.82) is 0 Å². The highest BCUT2D eigenvalue weighted by Crippen LogP contribution is 2.35. The Kier molecular flexibility index (Phi) is 3.11. The monoisotopic (exact) mass is 316 g/mol. The van der Waals surface area contributed by atoms with Crippen LogP contribution >= 0.6 is 11.5 Å². The van der Waals surface area contributed by atoms with Crippen LogP contribution in [0.5, 0.6) is 0 Å². The first-order valence-corrected chi connectivity index (χ1v) is 8.19. The van der Waals surface area contributed by atoms with Gasteiger partial charge in [0, 0.05) is 37.3 Å². The molecule has 0 aliphatic carbocycles. The van der Waals surface area contributed by atoms with Gasteiger partial charge in [-0.25, -0.2) is 0 Å². The van der Waals surface area contributed by atoms with E-state index in [0.29, 0.717) is 36.1 Å². The van der Waals surface area contributed by atoms with Crippen molar-refractivity contribution < 1.29 is 4.79 Å². The molecule has 1 saturated heterocycles. The smallest absolute Gasteiger partial charge is 0.267 e. The van der Waals surface area contributed by atoms with E-state index in [0.717, 1.165) is 23.6 Å². The molecule has 2 atom stereocenters. The van der Waals surface area contributed by atoms with Gasteiger partial charge in [0.1, 0.15) is 4.88 Å². The van der Waals surface area contributed by atoms with Gasteiger partial charge < -0.3 is 9.47 Å². The normalized spacial score (nSPS) is 23.2. The average molecular weight is 316 g/mol. The fourth-order valence-corrected chi connectivity index (χ4v) is 4.26. The minimum atomic E-state index is 0.0222. The van der Waals surface area contributed by atoms with Gasteiger partial charge in [-0.2, -0.15) is 0 Å². The molecule has 0 spiro atoms. The van der Waals surface area contributed by atoms with Crippen LogP contribution in [0, 0.1) is 12.8 Å². The van der Waals surface area contributed by atoms with Crippen molar-refractivity contribution in [3.05, 3.63) is 44.8 Å². The molecule has 0 unspecified atom stereocenters. The zero-order chi connectivity index (χ0) is 15.3. The van der Waals surface area contributed by atoms with E-state index in [1.165, 1.54) is 0 Å². The summed E-state index contributed by atoms with van der Waals surface area (Å²) in [5.74, 6) is 0.608. The van der Waals surface area contributed by atoms with E-state index in [9.17, 15) is 9.59 Å². The zero-order valence-electron chi connectivity index (χ0n) is 12.2. The van der Waals surface area contributed by atoms with E-state index in [-0.39, 0.29) is 17.4 Å². The summed E-state index contributed by atoms with van der Waals surface area (Å²) in [6.45, 7) is 3.88. The van der Waals surface area contributed by atoms with Gasteiger partial charge in [0.15, 0.2) is 0 Å². The highest BCUT2D eigenvalue weighted by molar-refractivity contribution is 7.07. The van der Waals surface area contributed by atoms with E-state index < -0.39 is 0 Å². The highest BCUT2D eigenvalue weighted by atomic mass is 32.1. The second-order valence-electron chi connectivity index (χ2n) is 6.10. The van der Waals surface area contributed by atoms with E-state index in [2.05, 4.69) is 9.59 Å².